The minimum atomic E-state index is -0.999. The molecule has 1 fully saturated rings. The van der Waals surface area contributed by atoms with E-state index in [0.717, 1.165) is 12.8 Å². The highest BCUT2D eigenvalue weighted by molar-refractivity contribution is 5.88. The first kappa shape index (κ1) is 29.1. The van der Waals surface area contributed by atoms with E-state index in [1.165, 1.54) is 34.0 Å². The maximum atomic E-state index is 13.8. The third kappa shape index (κ3) is 7.82. The summed E-state index contributed by atoms with van der Waals surface area (Å²) in [7, 11) is 1.58. The number of nitrogens with zero attached hydrogens (tertiary/aromatic N) is 5. The summed E-state index contributed by atoms with van der Waals surface area (Å²) >= 11 is 0. The molecule has 2 atom stereocenters. The lowest BCUT2D eigenvalue weighted by Crippen LogP contribution is -2.47. The third-order valence-corrected chi connectivity index (χ3v) is 6.56. The first-order valence-electron chi connectivity index (χ1n) is 13.4. The smallest absolute Gasteiger partial charge is 0.247 e. The lowest BCUT2D eigenvalue weighted by molar-refractivity contribution is -0.142. The Morgan fingerprint density at radius 3 is 2.65 bits per heavy atom. The average molecular weight is 555 g/mol. The van der Waals surface area contributed by atoms with Crippen LogP contribution in [0.5, 0.6) is 5.75 Å². The van der Waals surface area contributed by atoms with Crippen molar-refractivity contribution >= 4 is 11.8 Å². The number of carbonyl (C=O) groups is 2. The molecule has 0 aliphatic carbocycles. The van der Waals surface area contributed by atoms with Crippen molar-refractivity contribution < 1.29 is 28.2 Å². The fourth-order valence-corrected chi connectivity index (χ4v) is 4.49. The summed E-state index contributed by atoms with van der Waals surface area (Å²) in [5, 5.41) is 15.4. The van der Waals surface area contributed by atoms with Crippen molar-refractivity contribution in [3.8, 4) is 17.1 Å². The largest absolute Gasteiger partial charge is 0.497 e. The van der Waals surface area contributed by atoms with Gasteiger partial charge in [-0.3, -0.25) is 9.59 Å². The molecule has 1 aliphatic rings. The second-order valence-corrected chi connectivity index (χ2v) is 9.34. The Hall–Kier alpha value is -3.90. The van der Waals surface area contributed by atoms with E-state index in [1.807, 2.05) is 6.92 Å². The fourth-order valence-electron chi connectivity index (χ4n) is 4.49. The molecule has 2 aromatic carbocycles. The zero-order valence-corrected chi connectivity index (χ0v) is 22.8. The number of rotatable bonds is 14. The molecule has 2 heterocycles. The summed E-state index contributed by atoms with van der Waals surface area (Å²) in [5.74, 6) is -0.162. The van der Waals surface area contributed by atoms with Gasteiger partial charge in [-0.1, -0.05) is 12.1 Å². The van der Waals surface area contributed by atoms with Crippen LogP contribution in [0.4, 0.5) is 4.39 Å². The number of carbonyl (C=O) groups excluding carboxylic acids is 2. The van der Waals surface area contributed by atoms with E-state index < -0.39 is 17.8 Å². The standard InChI is InChI=1S/C28H35FN6O5/c1-3-39-16-5-15-34(25(36)19-35-32-27(31-33-35)21-9-13-23(38-2)14-10-21)26(20-7-11-22(29)12-8-20)28(37)30-18-24-6-4-17-40-24/h7-14,24,26H,3-6,15-19H2,1-2H3,(H,30,37). The van der Waals surface area contributed by atoms with E-state index in [2.05, 4.69) is 20.7 Å². The van der Waals surface area contributed by atoms with Gasteiger partial charge in [-0.2, -0.15) is 4.80 Å². The monoisotopic (exact) mass is 554 g/mol. The average Bonchev–Trinajstić information content (AvgIpc) is 3.67. The Bertz CT molecular complexity index is 1230. The predicted molar refractivity (Wildman–Crippen MR) is 144 cm³/mol. The van der Waals surface area contributed by atoms with E-state index >= 15 is 0 Å². The summed E-state index contributed by atoms with van der Waals surface area (Å²) in [5.41, 5.74) is 1.20. The van der Waals surface area contributed by atoms with Crippen molar-refractivity contribution in [1.29, 1.82) is 0 Å². The summed E-state index contributed by atoms with van der Waals surface area (Å²) in [4.78, 5) is 29.9. The van der Waals surface area contributed by atoms with Crippen molar-refractivity contribution in [2.75, 3.05) is 40.0 Å². The van der Waals surface area contributed by atoms with Gasteiger partial charge < -0.3 is 24.4 Å². The Labute approximate surface area is 232 Å². The molecular formula is C28H35FN6O5. The molecule has 40 heavy (non-hydrogen) atoms. The van der Waals surface area contributed by atoms with Crippen LogP contribution in [0.3, 0.4) is 0 Å². The Balaban J connectivity index is 1.55. The molecule has 3 aromatic rings. The van der Waals surface area contributed by atoms with Crippen molar-refractivity contribution in [2.24, 2.45) is 0 Å². The zero-order chi connectivity index (χ0) is 28.3. The van der Waals surface area contributed by atoms with Crippen LogP contribution >= 0.6 is 0 Å². The van der Waals surface area contributed by atoms with Gasteiger partial charge >= 0.3 is 0 Å². The quantitative estimate of drug-likeness (QED) is 0.302. The molecule has 4 rings (SSSR count). The lowest BCUT2D eigenvalue weighted by Gasteiger charge is -2.31. The molecule has 0 saturated carbocycles. The van der Waals surface area contributed by atoms with Gasteiger partial charge in [0.15, 0.2) is 0 Å². The lowest BCUT2D eigenvalue weighted by atomic mass is 10.0. The number of ether oxygens (including phenoxy) is 3. The van der Waals surface area contributed by atoms with Crippen LogP contribution in [0, 0.1) is 5.82 Å². The van der Waals surface area contributed by atoms with Crippen LogP contribution in [0.25, 0.3) is 11.4 Å². The van der Waals surface area contributed by atoms with Gasteiger partial charge in [-0.15, -0.1) is 10.2 Å². The molecular weight excluding hydrogens is 519 g/mol. The number of hydrogen-bond acceptors (Lipinski definition) is 8. The molecule has 11 nitrogen and oxygen atoms in total. The van der Waals surface area contributed by atoms with Gasteiger partial charge in [0.05, 0.1) is 13.2 Å². The summed E-state index contributed by atoms with van der Waals surface area (Å²) in [6, 6.07) is 11.7. The Morgan fingerprint density at radius 2 is 1.98 bits per heavy atom. The van der Waals surface area contributed by atoms with E-state index in [1.54, 1.807) is 31.4 Å². The highest BCUT2D eigenvalue weighted by atomic mass is 19.1. The number of methoxy groups -OCH3 is 1. The van der Waals surface area contributed by atoms with Gasteiger partial charge in [0.25, 0.3) is 0 Å². The van der Waals surface area contributed by atoms with Gasteiger partial charge in [0, 0.05) is 38.5 Å². The summed E-state index contributed by atoms with van der Waals surface area (Å²) in [6.07, 6.45) is 2.22. The minimum absolute atomic E-state index is 0.0735. The number of amides is 2. The topological polar surface area (TPSA) is 121 Å². The molecule has 1 N–H and O–H groups in total. The van der Waals surface area contributed by atoms with E-state index in [9.17, 15) is 14.0 Å². The number of benzene rings is 2. The maximum Gasteiger partial charge on any atom is 0.247 e. The number of tetrazole rings is 1. The van der Waals surface area contributed by atoms with Gasteiger partial charge in [0.1, 0.15) is 24.2 Å². The minimum Gasteiger partial charge on any atom is -0.497 e. The molecule has 1 aliphatic heterocycles. The molecule has 1 saturated heterocycles. The van der Waals surface area contributed by atoms with Crippen LogP contribution in [-0.4, -0.2) is 83.0 Å². The normalized spacial score (nSPS) is 15.5. The van der Waals surface area contributed by atoms with Gasteiger partial charge in [-0.25, -0.2) is 4.39 Å². The first-order chi connectivity index (χ1) is 19.5. The number of halogens is 1. The second-order valence-electron chi connectivity index (χ2n) is 9.34. The highest BCUT2D eigenvalue weighted by Gasteiger charge is 2.32. The van der Waals surface area contributed by atoms with Gasteiger partial charge in [-0.05, 0) is 73.4 Å². The second kappa shape index (κ2) is 14.5. The third-order valence-electron chi connectivity index (χ3n) is 6.56. The van der Waals surface area contributed by atoms with Crippen LogP contribution in [0.2, 0.25) is 0 Å². The summed E-state index contributed by atoms with van der Waals surface area (Å²) in [6.45, 7) is 3.81. The Morgan fingerprint density at radius 1 is 1.20 bits per heavy atom. The van der Waals surface area contributed by atoms with Crippen LogP contribution in [0.15, 0.2) is 48.5 Å². The van der Waals surface area contributed by atoms with Crippen molar-refractivity contribution in [1.82, 2.24) is 30.4 Å². The zero-order valence-electron chi connectivity index (χ0n) is 22.8. The van der Waals surface area contributed by atoms with Crippen LogP contribution in [0.1, 0.15) is 37.8 Å². The molecule has 0 radical (unpaired) electrons. The molecule has 2 amide bonds. The SMILES string of the molecule is CCOCCCN(C(=O)Cn1nnc(-c2ccc(OC)cc2)n1)C(C(=O)NCC1CCCO1)c1ccc(F)cc1. The van der Waals surface area contributed by atoms with Crippen LogP contribution in [-0.2, 0) is 25.6 Å². The first-order valence-corrected chi connectivity index (χ1v) is 13.4. The van der Waals surface area contributed by atoms with E-state index in [-0.39, 0.29) is 25.1 Å². The summed E-state index contributed by atoms with van der Waals surface area (Å²) < 4.78 is 30.1. The van der Waals surface area contributed by atoms with Crippen LogP contribution < -0.4 is 10.1 Å². The maximum absolute atomic E-state index is 13.8. The number of aromatic nitrogens is 4. The predicted octanol–water partition coefficient (Wildman–Crippen LogP) is 2.78. The molecule has 214 valence electrons. The van der Waals surface area contributed by atoms with Crippen molar-refractivity contribution in [2.45, 2.75) is 44.9 Å². The molecule has 12 heteroatoms. The number of nitrogens with one attached hydrogen (secondary N) is 1. The molecule has 0 spiro atoms. The number of hydrogen-bond donors (Lipinski definition) is 1. The van der Waals surface area contributed by atoms with E-state index in [0.29, 0.717) is 55.5 Å². The molecule has 1 aromatic heterocycles. The van der Waals surface area contributed by atoms with Crippen molar-refractivity contribution in [3.05, 3.63) is 59.9 Å². The van der Waals surface area contributed by atoms with Gasteiger partial charge in [0.2, 0.25) is 17.6 Å². The highest BCUT2D eigenvalue weighted by Crippen LogP contribution is 2.24. The fraction of sp³-hybridized carbons (Fsp3) is 0.464. The molecule has 0 bridgehead atoms. The van der Waals surface area contributed by atoms with E-state index in [4.69, 9.17) is 14.2 Å². The van der Waals surface area contributed by atoms with Crippen molar-refractivity contribution in [3.63, 3.8) is 0 Å². The molecule has 2 unspecified atom stereocenters. The Kier molecular flexibility index (Phi) is 10.5.